The van der Waals surface area contributed by atoms with Crippen molar-refractivity contribution in [3.05, 3.63) is 50.0 Å². The molecule has 3 rings (SSSR count). The highest BCUT2D eigenvalue weighted by Crippen LogP contribution is 2.41. The summed E-state index contributed by atoms with van der Waals surface area (Å²) in [6.07, 6.45) is 2.27. The number of thiazole rings is 1. The van der Waals surface area contributed by atoms with Crippen LogP contribution < -0.4 is 5.32 Å². The van der Waals surface area contributed by atoms with E-state index in [9.17, 15) is 14.9 Å². The lowest BCUT2D eigenvalue weighted by atomic mass is 10.2. The van der Waals surface area contributed by atoms with E-state index in [2.05, 4.69) is 10.3 Å². The van der Waals surface area contributed by atoms with Crippen molar-refractivity contribution in [2.24, 2.45) is 0 Å². The molecule has 1 aromatic heterocycles. The molecule has 1 heterocycles. The van der Waals surface area contributed by atoms with E-state index in [0.29, 0.717) is 11.0 Å². The molecule has 1 aliphatic rings. The van der Waals surface area contributed by atoms with E-state index in [1.165, 1.54) is 23.5 Å². The number of amides is 1. The first-order valence-electron chi connectivity index (χ1n) is 6.25. The van der Waals surface area contributed by atoms with Crippen molar-refractivity contribution in [3.8, 4) is 0 Å². The fourth-order valence-electron chi connectivity index (χ4n) is 1.88. The van der Waals surface area contributed by atoms with Crippen LogP contribution in [-0.4, -0.2) is 15.8 Å². The number of carbonyl (C=O) groups is 1. The van der Waals surface area contributed by atoms with Gasteiger partial charge in [-0.25, -0.2) is 4.98 Å². The molecule has 1 N–H and O–H groups in total. The molecule has 0 unspecified atom stereocenters. The first-order chi connectivity index (χ1) is 10.0. The number of aromatic nitrogens is 1. The molecule has 0 radical (unpaired) electrons. The molecule has 1 aliphatic carbocycles. The summed E-state index contributed by atoms with van der Waals surface area (Å²) in [4.78, 5) is 26.7. The zero-order valence-corrected chi connectivity index (χ0v) is 12.3. The van der Waals surface area contributed by atoms with E-state index < -0.39 is 10.8 Å². The molecule has 1 amide bonds. The van der Waals surface area contributed by atoms with Crippen molar-refractivity contribution in [1.82, 2.24) is 4.98 Å². The van der Waals surface area contributed by atoms with Crippen molar-refractivity contribution in [2.45, 2.75) is 18.8 Å². The second kappa shape index (κ2) is 5.42. The number of halogens is 1. The highest BCUT2D eigenvalue weighted by Gasteiger charge is 2.26. The van der Waals surface area contributed by atoms with Gasteiger partial charge in [0.15, 0.2) is 5.13 Å². The summed E-state index contributed by atoms with van der Waals surface area (Å²) in [5.74, 6) is 0.00806. The predicted octanol–water partition coefficient (Wildman–Crippen LogP) is 3.83. The van der Waals surface area contributed by atoms with Gasteiger partial charge in [0.2, 0.25) is 0 Å². The van der Waals surface area contributed by atoms with Gasteiger partial charge < -0.3 is 0 Å². The van der Waals surface area contributed by atoms with Gasteiger partial charge in [-0.15, -0.1) is 11.3 Å². The second-order valence-corrected chi connectivity index (χ2v) is 5.99. The molecule has 2 aromatic rings. The third kappa shape index (κ3) is 3.03. The van der Waals surface area contributed by atoms with Crippen molar-refractivity contribution < 1.29 is 9.72 Å². The summed E-state index contributed by atoms with van der Waals surface area (Å²) in [6, 6.07) is 3.76. The van der Waals surface area contributed by atoms with Crippen molar-refractivity contribution in [1.29, 1.82) is 0 Å². The maximum atomic E-state index is 12.2. The Labute approximate surface area is 128 Å². The number of hydrogen-bond donors (Lipinski definition) is 1. The Morgan fingerprint density at radius 2 is 2.24 bits per heavy atom. The molecule has 0 spiro atoms. The molecule has 1 saturated carbocycles. The highest BCUT2D eigenvalue weighted by atomic mass is 35.5. The molecular formula is C13H10ClN3O3S. The lowest BCUT2D eigenvalue weighted by molar-refractivity contribution is -0.384. The number of nitrogens with zero attached hydrogens (tertiary/aromatic N) is 2. The van der Waals surface area contributed by atoms with Crippen LogP contribution in [0.15, 0.2) is 23.6 Å². The standard InChI is InChI=1S/C13H10ClN3O3S/c14-10-4-3-8(17(19)20)5-9(10)12(18)16-13-15-11(6-21-13)7-1-2-7/h3-7H,1-2H2,(H,15,16,18). The van der Waals surface area contributed by atoms with Crippen molar-refractivity contribution in [2.75, 3.05) is 5.32 Å². The number of nitro benzene ring substituents is 1. The minimum atomic E-state index is -0.568. The van der Waals surface area contributed by atoms with Crippen LogP contribution >= 0.6 is 22.9 Å². The number of rotatable bonds is 4. The Morgan fingerprint density at radius 3 is 2.90 bits per heavy atom. The fourth-order valence-corrected chi connectivity index (χ4v) is 2.87. The quantitative estimate of drug-likeness (QED) is 0.684. The van der Waals surface area contributed by atoms with Crippen LogP contribution in [0.25, 0.3) is 0 Å². The molecule has 1 fully saturated rings. The Balaban J connectivity index is 1.80. The summed E-state index contributed by atoms with van der Waals surface area (Å²) in [6.45, 7) is 0. The van der Waals surface area contributed by atoms with Crippen molar-refractivity contribution in [3.63, 3.8) is 0 Å². The Hall–Kier alpha value is -1.99. The van der Waals surface area contributed by atoms with Gasteiger partial charge >= 0.3 is 0 Å². The van der Waals surface area contributed by atoms with Crippen LogP contribution in [0.1, 0.15) is 34.8 Å². The minimum Gasteiger partial charge on any atom is -0.298 e. The zero-order valence-electron chi connectivity index (χ0n) is 10.7. The first kappa shape index (κ1) is 14.0. The first-order valence-corrected chi connectivity index (χ1v) is 7.51. The monoisotopic (exact) mass is 323 g/mol. The smallest absolute Gasteiger partial charge is 0.270 e. The summed E-state index contributed by atoms with van der Waals surface area (Å²) in [5.41, 5.74) is 0.872. The molecule has 1 aromatic carbocycles. The van der Waals surface area contributed by atoms with Gasteiger partial charge in [-0.05, 0) is 18.9 Å². The number of nitro groups is 1. The average molecular weight is 324 g/mol. The minimum absolute atomic E-state index is 0.0639. The van der Waals surface area contributed by atoms with Crippen LogP contribution in [0, 0.1) is 10.1 Å². The molecular weight excluding hydrogens is 314 g/mol. The Morgan fingerprint density at radius 1 is 1.48 bits per heavy atom. The molecule has 0 bridgehead atoms. The molecule has 6 nitrogen and oxygen atoms in total. The summed E-state index contributed by atoms with van der Waals surface area (Å²) < 4.78 is 0. The van der Waals surface area contributed by atoms with Gasteiger partial charge in [-0.1, -0.05) is 11.6 Å². The highest BCUT2D eigenvalue weighted by molar-refractivity contribution is 7.14. The van der Waals surface area contributed by atoms with Crippen LogP contribution in [0.2, 0.25) is 5.02 Å². The van der Waals surface area contributed by atoms with Gasteiger partial charge in [0.1, 0.15) is 0 Å². The van der Waals surface area contributed by atoms with Gasteiger partial charge in [0.05, 0.1) is 21.2 Å². The van der Waals surface area contributed by atoms with Gasteiger partial charge in [-0.2, -0.15) is 0 Å². The third-order valence-corrected chi connectivity index (χ3v) is 4.25. The van der Waals surface area contributed by atoms with Crippen LogP contribution in [0.3, 0.4) is 0 Å². The normalized spacial score (nSPS) is 14.0. The second-order valence-electron chi connectivity index (χ2n) is 4.73. The van der Waals surface area contributed by atoms with E-state index in [4.69, 9.17) is 11.6 Å². The molecule has 108 valence electrons. The van der Waals surface area contributed by atoms with Gasteiger partial charge in [0, 0.05) is 23.4 Å². The molecule has 0 saturated heterocycles. The number of nitrogens with one attached hydrogen (secondary N) is 1. The summed E-state index contributed by atoms with van der Waals surface area (Å²) >= 11 is 7.26. The van der Waals surface area contributed by atoms with Crippen LogP contribution in [-0.2, 0) is 0 Å². The SMILES string of the molecule is O=C(Nc1nc(C2CC2)cs1)c1cc([N+](=O)[O-])ccc1Cl. The number of non-ortho nitro benzene ring substituents is 1. The van der Waals surface area contributed by atoms with Crippen LogP contribution in [0.4, 0.5) is 10.8 Å². The Kier molecular flexibility index (Phi) is 3.60. The number of hydrogen-bond acceptors (Lipinski definition) is 5. The summed E-state index contributed by atoms with van der Waals surface area (Å²) in [5, 5.41) is 15.9. The van der Waals surface area contributed by atoms with Crippen LogP contribution in [0.5, 0.6) is 0 Å². The molecule has 8 heteroatoms. The average Bonchev–Trinajstić information content (AvgIpc) is 3.20. The van der Waals surface area contributed by atoms with E-state index in [-0.39, 0.29) is 16.3 Å². The van der Waals surface area contributed by atoms with E-state index in [0.717, 1.165) is 24.6 Å². The maximum absolute atomic E-state index is 12.2. The van der Waals surface area contributed by atoms with E-state index >= 15 is 0 Å². The zero-order chi connectivity index (χ0) is 15.0. The fraction of sp³-hybridized carbons (Fsp3) is 0.231. The lowest BCUT2D eigenvalue weighted by Crippen LogP contribution is -2.12. The molecule has 0 atom stereocenters. The lowest BCUT2D eigenvalue weighted by Gasteiger charge is -2.04. The number of benzene rings is 1. The number of anilines is 1. The largest absolute Gasteiger partial charge is 0.298 e. The maximum Gasteiger partial charge on any atom is 0.270 e. The number of carbonyl (C=O) groups excluding carboxylic acids is 1. The van der Waals surface area contributed by atoms with E-state index in [1.807, 2.05) is 5.38 Å². The topological polar surface area (TPSA) is 85.1 Å². The molecule has 0 aliphatic heterocycles. The van der Waals surface area contributed by atoms with Gasteiger partial charge in [0.25, 0.3) is 11.6 Å². The molecule has 21 heavy (non-hydrogen) atoms. The third-order valence-electron chi connectivity index (χ3n) is 3.14. The Bertz CT molecular complexity index is 727. The van der Waals surface area contributed by atoms with Crippen molar-refractivity contribution >= 4 is 39.7 Å². The van der Waals surface area contributed by atoms with E-state index in [1.54, 1.807) is 0 Å². The predicted molar refractivity (Wildman–Crippen MR) is 80.1 cm³/mol. The van der Waals surface area contributed by atoms with Gasteiger partial charge in [-0.3, -0.25) is 20.2 Å². The summed E-state index contributed by atoms with van der Waals surface area (Å²) in [7, 11) is 0.